The van der Waals surface area contributed by atoms with Gasteiger partial charge in [0.2, 0.25) is 0 Å². The summed E-state index contributed by atoms with van der Waals surface area (Å²) in [5, 5.41) is 16.0. The van der Waals surface area contributed by atoms with Gasteiger partial charge in [-0.05, 0) is 19.1 Å². The Morgan fingerprint density at radius 1 is 1.46 bits per heavy atom. The van der Waals surface area contributed by atoms with E-state index >= 15 is 0 Å². The number of β-amino-alcohol motifs (C(OH)–C–C–N with tert-alkyl or cyclic N) is 1. The molecule has 1 aliphatic heterocycles. The van der Waals surface area contributed by atoms with Crippen LogP contribution in [-0.4, -0.2) is 52.0 Å². The standard InChI is InChI=1S/C15H18N4O4S/c1-9-5-24-12(18-9)4-19-7-15(22,8-19)6-17-14(21)11-3-2-10(23-11)13(16)20/h2-3,5,22H,4,6-8H2,1H3,(H2,16,20)(H,17,21). The third kappa shape index (κ3) is 3.64. The fourth-order valence-corrected chi connectivity index (χ4v) is 3.41. The molecule has 8 nitrogen and oxygen atoms in total. The molecule has 1 aliphatic rings. The normalized spacial score (nSPS) is 16.6. The Bertz CT molecular complexity index is 763. The second kappa shape index (κ2) is 6.34. The number of nitrogens with one attached hydrogen (secondary N) is 1. The lowest BCUT2D eigenvalue weighted by Crippen LogP contribution is -2.65. The number of aliphatic hydroxyl groups is 1. The lowest BCUT2D eigenvalue weighted by atomic mass is 9.94. The zero-order valence-corrected chi connectivity index (χ0v) is 13.9. The van der Waals surface area contributed by atoms with Gasteiger partial charge in [-0.1, -0.05) is 0 Å². The molecule has 0 aliphatic carbocycles. The summed E-state index contributed by atoms with van der Waals surface area (Å²) in [5.41, 5.74) is 5.09. The van der Waals surface area contributed by atoms with Gasteiger partial charge in [-0.25, -0.2) is 4.98 Å². The van der Waals surface area contributed by atoms with Crippen molar-refractivity contribution in [1.29, 1.82) is 0 Å². The smallest absolute Gasteiger partial charge is 0.287 e. The van der Waals surface area contributed by atoms with E-state index in [2.05, 4.69) is 15.2 Å². The van der Waals surface area contributed by atoms with Crippen molar-refractivity contribution in [1.82, 2.24) is 15.2 Å². The van der Waals surface area contributed by atoms with E-state index in [9.17, 15) is 14.7 Å². The summed E-state index contributed by atoms with van der Waals surface area (Å²) in [4.78, 5) is 29.3. The molecule has 9 heteroatoms. The maximum atomic E-state index is 12.0. The quantitative estimate of drug-likeness (QED) is 0.680. The van der Waals surface area contributed by atoms with Gasteiger partial charge >= 0.3 is 0 Å². The van der Waals surface area contributed by atoms with Crippen molar-refractivity contribution in [3.63, 3.8) is 0 Å². The molecule has 0 aromatic carbocycles. The van der Waals surface area contributed by atoms with Crippen LogP contribution in [0.15, 0.2) is 21.9 Å². The van der Waals surface area contributed by atoms with E-state index in [1.165, 1.54) is 12.1 Å². The van der Waals surface area contributed by atoms with Crippen molar-refractivity contribution in [2.24, 2.45) is 5.73 Å². The Labute approximate surface area is 142 Å². The van der Waals surface area contributed by atoms with Gasteiger partial charge in [0.15, 0.2) is 11.5 Å². The van der Waals surface area contributed by atoms with Gasteiger partial charge in [-0.15, -0.1) is 11.3 Å². The number of carbonyl (C=O) groups is 2. The third-order valence-corrected chi connectivity index (χ3v) is 4.66. The molecule has 3 rings (SSSR count). The Hall–Kier alpha value is -2.23. The molecule has 0 saturated carbocycles. The molecule has 0 spiro atoms. The van der Waals surface area contributed by atoms with E-state index in [4.69, 9.17) is 10.2 Å². The van der Waals surface area contributed by atoms with Crippen LogP contribution in [0.2, 0.25) is 0 Å². The highest BCUT2D eigenvalue weighted by atomic mass is 32.1. The van der Waals surface area contributed by atoms with Gasteiger partial charge in [0, 0.05) is 30.7 Å². The minimum Gasteiger partial charge on any atom is -0.446 e. The van der Waals surface area contributed by atoms with Crippen LogP contribution < -0.4 is 11.1 Å². The second-order valence-electron chi connectivity index (χ2n) is 5.96. The average molecular weight is 350 g/mol. The molecule has 2 amide bonds. The number of aryl methyl sites for hydroxylation is 1. The monoisotopic (exact) mass is 350 g/mol. The molecule has 128 valence electrons. The fraction of sp³-hybridized carbons (Fsp3) is 0.400. The van der Waals surface area contributed by atoms with Crippen LogP contribution in [0.25, 0.3) is 0 Å². The molecule has 2 aromatic heterocycles. The van der Waals surface area contributed by atoms with Gasteiger partial charge in [0.05, 0.1) is 6.54 Å². The summed E-state index contributed by atoms with van der Waals surface area (Å²) in [6.07, 6.45) is 0. The molecule has 3 heterocycles. The molecule has 2 aromatic rings. The van der Waals surface area contributed by atoms with Gasteiger partial charge < -0.3 is 20.6 Å². The zero-order chi connectivity index (χ0) is 17.3. The first-order chi connectivity index (χ1) is 11.3. The minimum absolute atomic E-state index is 0.0122. The van der Waals surface area contributed by atoms with E-state index in [-0.39, 0.29) is 18.1 Å². The van der Waals surface area contributed by atoms with Crippen molar-refractivity contribution in [2.75, 3.05) is 19.6 Å². The number of amides is 2. The number of furan rings is 1. The van der Waals surface area contributed by atoms with Crippen molar-refractivity contribution in [3.8, 4) is 0 Å². The lowest BCUT2D eigenvalue weighted by Gasteiger charge is -2.46. The van der Waals surface area contributed by atoms with Crippen LogP contribution >= 0.6 is 11.3 Å². The number of rotatable bonds is 6. The predicted molar refractivity (Wildman–Crippen MR) is 86.6 cm³/mol. The van der Waals surface area contributed by atoms with E-state index in [0.717, 1.165) is 10.7 Å². The number of nitrogens with two attached hydrogens (primary N) is 1. The van der Waals surface area contributed by atoms with E-state index in [0.29, 0.717) is 19.6 Å². The summed E-state index contributed by atoms with van der Waals surface area (Å²) < 4.78 is 5.04. The molecule has 24 heavy (non-hydrogen) atoms. The third-order valence-electron chi connectivity index (χ3n) is 3.71. The van der Waals surface area contributed by atoms with Crippen molar-refractivity contribution in [3.05, 3.63) is 39.7 Å². The summed E-state index contributed by atoms with van der Waals surface area (Å²) in [7, 11) is 0. The molecule has 4 N–H and O–H groups in total. The molecular weight excluding hydrogens is 332 g/mol. The maximum Gasteiger partial charge on any atom is 0.287 e. The number of hydrogen-bond acceptors (Lipinski definition) is 7. The van der Waals surface area contributed by atoms with Gasteiger partial charge in [-0.3, -0.25) is 14.5 Å². The topological polar surface area (TPSA) is 122 Å². The van der Waals surface area contributed by atoms with Crippen LogP contribution in [0.5, 0.6) is 0 Å². The number of likely N-dealkylation sites (tertiary alicyclic amines) is 1. The molecule has 0 bridgehead atoms. The van der Waals surface area contributed by atoms with Crippen LogP contribution in [0.3, 0.4) is 0 Å². The average Bonchev–Trinajstić information content (AvgIpc) is 3.12. The highest BCUT2D eigenvalue weighted by Crippen LogP contribution is 2.23. The van der Waals surface area contributed by atoms with Crippen molar-refractivity contribution in [2.45, 2.75) is 19.1 Å². The maximum absolute atomic E-state index is 12.0. The first kappa shape index (κ1) is 16.6. The summed E-state index contributed by atoms with van der Waals surface area (Å²) in [6, 6.07) is 2.71. The Kier molecular flexibility index (Phi) is 4.39. The highest BCUT2D eigenvalue weighted by Gasteiger charge is 2.41. The number of aromatic nitrogens is 1. The largest absolute Gasteiger partial charge is 0.446 e. The number of carbonyl (C=O) groups excluding carboxylic acids is 2. The fourth-order valence-electron chi connectivity index (χ4n) is 2.60. The van der Waals surface area contributed by atoms with Crippen LogP contribution in [-0.2, 0) is 6.54 Å². The van der Waals surface area contributed by atoms with E-state index in [1.807, 2.05) is 12.3 Å². The number of primary amides is 1. The predicted octanol–water partition coefficient (Wildman–Crippen LogP) is 0.120. The summed E-state index contributed by atoms with van der Waals surface area (Å²) in [6.45, 7) is 3.65. The lowest BCUT2D eigenvalue weighted by molar-refractivity contribution is -0.0975. The minimum atomic E-state index is -0.971. The van der Waals surface area contributed by atoms with Gasteiger partial charge in [0.1, 0.15) is 10.6 Å². The summed E-state index contributed by atoms with van der Waals surface area (Å²) >= 11 is 1.59. The van der Waals surface area contributed by atoms with Crippen molar-refractivity contribution < 1.29 is 19.1 Å². The van der Waals surface area contributed by atoms with Crippen LogP contribution in [0.1, 0.15) is 31.8 Å². The Balaban J connectivity index is 1.46. The molecule has 0 unspecified atom stereocenters. The Morgan fingerprint density at radius 2 is 2.17 bits per heavy atom. The molecule has 1 fully saturated rings. The molecule has 0 radical (unpaired) electrons. The first-order valence-electron chi connectivity index (χ1n) is 7.38. The number of nitrogens with zero attached hydrogens (tertiary/aromatic N) is 2. The van der Waals surface area contributed by atoms with E-state index < -0.39 is 17.4 Å². The Morgan fingerprint density at radius 3 is 2.75 bits per heavy atom. The molecular formula is C15H18N4O4S. The van der Waals surface area contributed by atoms with Crippen molar-refractivity contribution >= 4 is 23.2 Å². The highest BCUT2D eigenvalue weighted by molar-refractivity contribution is 7.09. The van der Waals surface area contributed by atoms with Gasteiger partial charge in [-0.2, -0.15) is 0 Å². The molecule has 1 saturated heterocycles. The summed E-state index contributed by atoms with van der Waals surface area (Å²) in [5.74, 6) is -1.32. The number of thiazole rings is 1. The first-order valence-corrected chi connectivity index (χ1v) is 8.26. The number of hydrogen-bond donors (Lipinski definition) is 3. The van der Waals surface area contributed by atoms with Crippen LogP contribution in [0, 0.1) is 6.92 Å². The van der Waals surface area contributed by atoms with Crippen LogP contribution in [0.4, 0.5) is 0 Å². The van der Waals surface area contributed by atoms with E-state index in [1.54, 1.807) is 11.3 Å². The van der Waals surface area contributed by atoms with Gasteiger partial charge in [0.25, 0.3) is 11.8 Å². The molecule has 0 atom stereocenters. The SMILES string of the molecule is Cc1csc(CN2CC(O)(CNC(=O)c3ccc(C(N)=O)o3)C2)n1. The second-order valence-corrected chi connectivity index (χ2v) is 6.91. The zero-order valence-electron chi connectivity index (χ0n) is 13.1.